The summed E-state index contributed by atoms with van der Waals surface area (Å²) in [5.41, 5.74) is 0.741. The molecular formula is C15H23BrN2O. The van der Waals surface area contributed by atoms with Crippen molar-refractivity contribution < 1.29 is 4.79 Å². The van der Waals surface area contributed by atoms with E-state index in [1.165, 1.54) is 32.1 Å². The molecule has 0 N–H and O–H groups in total. The molecule has 1 aliphatic rings. The van der Waals surface area contributed by atoms with Crippen LogP contribution >= 0.6 is 15.9 Å². The SMILES string of the molecule is CC(C)n1ncc(Br)c1C(=O)CCC1CCCCC1. The van der Waals surface area contributed by atoms with Gasteiger partial charge in [-0.05, 0) is 42.1 Å². The van der Waals surface area contributed by atoms with Crippen LogP contribution in [0.4, 0.5) is 0 Å². The number of carbonyl (C=O) groups is 1. The molecule has 2 rings (SSSR count). The van der Waals surface area contributed by atoms with E-state index in [4.69, 9.17) is 0 Å². The molecule has 0 atom stereocenters. The first kappa shape index (κ1) is 14.8. The van der Waals surface area contributed by atoms with Gasteiger partial charge in [0.2, 0.25) is 0 Å². The molecule has 4 heteroatoms. The molecule has 1 aromatic rings. The molecule has 0 spiro atoms. The van der Waals surface area contributed by atoms with Crippen LogP contribution in [0.2, 0.25) is 0 Å². The van der Waals surface area contributed by atoms with Crippen molar-refractivity contribution in [2.75, 3.05) is 0 Å². The maximum absolute atomic E-state index is 12.4. The molecular weight excluding hydrogens is 304 g/mol. The Balaban J connectivity index is 1.97. The lowest BCUT2D eigenvalue weighted by Crippen LogP contribution is -2.15. The smallest absolute Gasteiger partial charge is 0.182 e. The Hall–Kier alpha value is -0.640. The number of nitrogens with zero attached hydrogens (tertiary/aromatic N) is 2. The molecule has 0 amide bonds. The molecule has 0 saturated heterocycles. The molecule has 0 aliphatic heterocycles. The summed E-state index contributed by atoms with van der Waals surface area (Å²) in [6.45, 7) is 4.11. The molecule has 0 bridgehead atoms. The maximum Gasteiger partial charge on any atom is 0.182 e. The highest BCUT2D eigenvalue weighted by atomic mass is 79.9. The van der Waals surface area contributed by atoms with Gasteiger partial charge in [-0.1, -0.05) is 32.1 Å². The Morgan fingerprint density at radius 1 is 1.42 bits per heavy atom. The normalized spacial score (nSPS) is 17.1. The van der Waals surface area contributed by atoms with Crippen LogP contribution in [-0.4, -0.2) is 15.6 Å². The Bertz CT molecular complexity index is 433. The summed E-state index contributed by atoms with van der Waals surface area (Å²) in [6, 6.07) is 0.222. The Labute approximate surface area is 123 Å². The average Bonchev–Trinajstić information content (AvgIpc) is 2.79. The molecule has 3 nitrogen and oxygen atoms in total. The quantitative estimate of drug-likeness (QED) is 0.730. The van der Waals surface area contributed by atoms with Crippen LogP contribution < -0.4 is 0 Å². The monoisotopic (exact) mass is 326 g/mol. The molecule has 1 fully saturated rings. The van der Waals surface area contributed by atoms with Gasteiger partial charge in [-0.3, -0.25) is 9.48 Å². The lowest BCUT2D eigenvalue weighted by Gasteiger charge is -2.21. The summed E-state index contributed by atoms with van der Waals surface area (Å²) in [5, 5.41) is 4.28. The number of carbonyl (C=O) groups excluding carboxylic acids is 1. The standard InChI is InChI=1S/C15H23BrN2O/c1-11(2)18-15(13(16)10-17-18)14(19)9-8-12-6-4-3-5-7-12/h10-12H,3-9H2,1-2H3. The Morgan fingerprint density at radius 3 is 2.74 bits per heavy atom. The summed E-state index contributed by atoms with van der Waals surface area (Å²) >= 11 is 3.45. The van der Waals surface area contributed by atoms with E-state index >= 15 is 0 Å². The number of halogens is 1. The van der Waals surface area contributed by atoms with Gasteiger partial charge < -0.3 is 0 Å². The number of Topliss-reactive ketones (excluding diaryl/α,β-unsaturated/α-hetero) is 1. The van der Waals surface area contributed by atoms with Crippen LogP contribution in [0.3, 0.4) is 0 Å². The second-order valence-corrected chi connectivity index (χ2v) is 6.70. The van der Waals surface area contributed by atoms with Gasteiger partial charge in [0.05, 0.1) is 10.7 Å². The first-order valence-electron chi connectivity index (χ1n) is 7.35. The minimum Gasteiger partial charge on any atom is -0.292 e. The van der Waals surface area contributed by atoms with Gasteiger partial charge in [-0.15, -0.1) is 0 Å². The molecule has 0 radical (unpaired) electrons. The molecule has 0 unspecified atom stereocenters. The van der Waals surface area contributed by atoms with Gasteiger partial charge in [0.1, 0.15) is 5.69 Å². The van der Waals surface area contributed by atoms with Gasteiger partial charge in [0.25, 0.3) is 0 Å². The molecule has 1 aliphatic carbocycles. The predicted molar refractivity (Wildman–Crippen MR) is 80.5 cm³/mol. The Morgan fingerprint density at radius 2 is 2.11 bits per heavy atom. The minimum absolute atomic E-state index is 0.222. The van der Waals surface area contributed by atoms with E-state index < -0.39 is 0 Å². The van der Waals surface area contributed by atoms with Crippen LogP contribution in [0, 0.1) is 5.92 Å². The maximum atomic E-state index is 12.4. The topological polar surface area (TPSA) is 34.9 Å². The van der Waals surface area contributed by atoms with Crippen LogP contribution in [0.1, 0.15) is 75.3 Å². The number of rotatable bonds is 5. The van der Waals surface area contributed by atoms with E-state index in [2.05, 4.69) is 34.9 Å². The second kappa shape index (κ2) is 6.69. The lowest BCUT2D eigenvalue weighted by molar-refractivity contribution is 0.0957. The molecule has 1 saturated carbocycles. The molecule has 106 valence electrons. The number of ketones is 1. The number of aromatic nitrogens is 2. The zero-order valence-electron chi connectivity index (χ0n) is 11.9. The van der Waals surface area contributed by atoms with E-state index in [1.54, 1.807) is 6.20 Å². The van der Waals surface area contributed by atoms with E-state index in [0.717, 1.165) is 22.5 Å². The first-order valence-corrected chi connectivity index (χ1v) is 8.15. The van der Waals surface area contributed by atoms with Crippen molar-refractivity contribution in [2.24, 2.45) is 5.92 Å². The van der Waals surface area contributed by atoms with E-state index in [0.29, 0.717) is 6.42 Å². The summed E-state index contributed by atoms with van der Waals surface area (Å²) < 4.78 is 2.66. The number of hydrogen-bond acceptors (Lipinski definition) is 2. The molecule has 0 aromatic carbocycles. The van der Waals surface area contributed by atoms with Gasteiger partial charge in [0, 0.05) is 12.5 Å². The minimum atomic E-state index is 0.222. The van der Waals surface area contributed by atoms with Crippen molar-refractivity contribution >= 4 is 21.7 Å². The van der Waals surface area contributed by atoms with Crippen molar-refractivity contribution in [1.29, 1.82) is 0 Å². The largest absolute Gasteiger partial charge is 0.292 e. The third kappa shape index (κ3) is 3.68. The van der Waals surface area contributed by atoms with Crippen molar-refractivity contribution in [2.45, 2.75) is 64.8 Å². The second-order valence-electron chi connectivity index (χ2n) is 5.85. The van der Waals surface area contributed by atoms with E-state index in [9.17, 15) is 4.79 Å². The zero-order chi connectivity index (χ0) is 13.8. The molecule has 1 aromatic heterocycles. The van der Waals surface area contributed by atoms with Gasteiger partial charge in [0.15, 0.2) is 5.78 Å². The van der Waals surface area contributed by atoms with Crippen LogP contribution in [0.15, 0.2) is 10.7 Å². The van der Waals surface area contributed by atoms with Gasteiger partial charge >= 0.3 is 0 Å². The van der Waals surface area contributed by atoms with E-state index in [1.807, 2.05) is 4.68 Å². The summed E-state index contributed by atoms with van der Waals surface area (Å²) in [4.78, 5) is 12.4. The highest BCUT2D eigenvalue weighted by Crippen LogP contribution is 2.29. The summed E-state index contributed by atoms with van der Waals surface area (Å²) in [6.07, 6.45) is 10.1. The third-order valence-electron chi connectivity index (χ3n) is 4.01. The van der Waals surface area contributed by atoms with Crippen molar-refractivity contribution in [3.63, 3.8) is 0 Å². The Kier molecular flexibility index (Phi) is 5.20. The predicted octanol–water partition coefficient (Wildman–Crippen LogP) is 4.77. The van der Waals surface area contributed by atoms with Crippen LogP contribution in [0.5, 0.6) is 0 Å². The highest BCUT2D eigenvalue weighted by Gasteiger charge is 2.21. The van der Waals surface area contributed by atoms with Crippen molar-refractivity contribution in [3.8, 4) is 0 Å². The van der Waals surface area contributed by atoms with Gasteiger partial charge in [-0.2, -0.15) is 5.10 Å². The van der Waals surface area contributed by atoms with Crippen molar-refractivity contribution in [1.82, 2.24) is 9.78 Å². The van der Waals surface area contributed by atoms with E-state index in [-0.39, 0.29) is 11.8 Å². The van der Waals surface area contributed by atoms with Crippen LogP contribution in [0.25, 0.3) is 0 Å². The fourth-order valence-electron chi connectivity index (χ4n) is 2.92. The third-order valence-corrected chi connectivity index (χ3v) is 4.59. The fraction of sp³-hybridized carbons (Fsp3) is 0.733. The van der Waals surface area contributed by atoms with Crippen LogP contribution in [-0.2, 0) is 0 Å². The zero-order valence-corrected chi connectivity index (χ0v) is 13.4. The first-order chi connectivity index (χ1) is 9.09. The van der Waals surface area contributed by atoms with Gasteiger partial charge in [-0.25, -0.2) is 0 Å². The average molecular weight is 327 g/mol. The lowest BCUT2D eigenvalue weighted by atomic mass is 9.85. The molecule has 19 heavy (non-hydrogen) atoms. The fourth-order valence-corrected chi connectivity index (χ4v) is 3.42. The number of hydrogen-bond donors (Lipinski definition) is 0. The summed E-state index contributed by atoms with van der Waals surface area (Å²) in [5.74, 6) is 0.982. The van der Waals surface area contributed by atoms with Crippen molar-refractivity contribution in [3.05, 3.63) is 16.4 Å². The molecule has 1 heterocycles. The summed E-state index contributed by atoms with van der Waals surface area (Å²) in [7, 11) is 0. The highest BCUT2D eigenvalue weighted by molar-refractivity contribution is 9.10.